The monoisotopic (exact) mass is 370 g/mol. The summed E-state index contributed by atoms with van der Waals surface area (Å²) in [5.74, 6) is 1.19. The highest BCUT2D eigenvalue weighted by Crippen LogP contribution is 2.37. The Morgan fingerprint density at radius 3 is 2.57 bits per heavy atom. The molecule has 112 valence electrons. The van der Waals surface area contributed by atoms with Crippen LogP contribution in [0.3, 0.4) is 0 Å². The summed E-state index contributed by atoms with van der Waals surface area (Å²) >= 11 is 9.56. The molecule has 2 aromatic rings. The molecule has 21 heavy (non-hydrogen) atoms. The zero-order chi connectivity index (χ0) is 15.6. The van der Waals surface area contributed by atoms with Crippen molar-refractivity contribution in [1.82, 2.24) is 0 Å². The van der Waals surface area contributed by atoms with Gasteiger partial charge in [0.15, 0.2) is 0 Å². The second kappa shape index (κ2) is 6.36. The van der Waals surface area contributed by atoms with Crippen LogP contribution >= 0.6 is 27.5 Å². The van der Waals surface area contributed by atoms with Crippen LogP contribution in [0.25, 0.3) is 0 Å². The molecule has 3 nitrogen and oxygen atoms in total. The van der Waals surface area contributed by atoms with Gasteiger partial charge in [-0.1, -0.05) is 29.8 Å². The summed E-state index contributed by atoms with van der Waals surface area (Å²) in [5, 5.41) is 19.8. The van der Waals surface area contributed by atoms with Crippen LogP contribution in [0.15, 0.2) is 40.9 Å². The molecule has 0 amide bonds. The number of halogens is 2. The van der Waals surface area contributed by atoms with Crippen LogP contribution in [-0.4, -0.2) is 16.8 Å². The number of benzene rings is 2. The van der Waals surface area contributed by atoms with Gasteiger partial charge in [-0.25, -0.2) is 0 Å². The average Bonchev–Trinajstić information content (AvgIpc) is 2.44. The fourth-order valence-electron chi connectivity index (χ4n) is 1.87. The van der Waals surface area contributed by atoms with Gasteiger partial charge in [0.05, 0.1) is 16.1 Å². The van der Waals surface area contributed by atoms with Crippen molar-refractivity contribution in [3.63, 3.8) is 0 Å². The number of aryl methyl sites for hydroxylation is 1. The van der Waals surface area contributed by atoms with E-state index in [1.165, 1.54) is 0 Å². The van der Waals surface area contributed by atoms with Gasteiger partial charge < -0.3 is 14.9 Å². The molecule has 0 bridgehead atoms. The maximum Gasteiger partial charge on any atom is 0.148 e. The van der Waals surface area contributed by atoms with Gasteiger partial charge in [0.1, 0.15) is 17.1 Å². The Kier molecular flexibility index (Phi) is 4.94. The van der Waals surface area contributed by atoms with E-state index in [9.17, 15) is 10.2 Å². The third kappa shape index (κ3) is 3.58. The van der Waals surface area contributed by atoms with E-state index in [1.807, 2.05) is 19.1 Å². The van der Waals surface area contributed by atoms with E-state index in [2.05, 4.69) is 15.9 Å². The van der Waals surface area contributed by atoms with Gasteiger partial charge in [0, 0.05) is 0 Å². The van der Waals surface area contributed by atoms with Crippen molar-refractivity contribution in [3.05, 3.63) is 57.0 Å². The van der Waals surface area contributed by atoms with E-state index in [1.54, 1.807) is 31.2 Å². The van der Waals surface area contributed by atoms with Crippen LogP contribution < -0.4 is 4.74 Å². The first kappa shape index (κ1) is 16.3. The van der Waals surface area contributed by atoms with Crippen LogP contribution in [0.4, 0.5) is 0 Å². The number of aliphatic hydroxyl groups excluding tert-OH is 1. The summed E-state index contributed by atoms with van der Waals surface area (Å²) in [7, 11) is 0. The highest BCUT2D eigenvalue weighted by molar-refractivity contribution is 9.10. The third-order valence-corrected chi connectivity index (χ3v) is 4.15. The number of para-hydroxylation sites is 1. The van der Waals surface area contributed by atoms with Gasteiger partial charge in [0.25, 0.3) is 0 Å². The molecule has 0 aliphatic heterocycles. The van der Waals surface area contributed by atoms with Crippen molar-refractivity contribution in [3.8, 4) is 11.5 Å². The quantitative estimate of drug-likeness (QED) is 0.837. The number of hydrogen-bond donors (Lipinski definition) is 2. The fourth-order valence-corrected chi connectivity index (χ4v) is 2.59. The lowest BCUT2D eigenvalue weighted by Gasteiger charge is -2.22. The molecule has 5 heteroatoms. The first-order valence-electron chi connectivity index (χ1n) is 6.41. The molecule has 0 spiro atoms. The maximum absolute atomic E-state index is 10.1. The third-order valence-electron chi connectivity index (χ3n) is 3.24. The Morgan fingerprint density at radius 2 is 2.00 bits per heavy atom. The van der Waals surface area contributed by atoms with Crippen LogP contribution in [0.1, 0.15) is 18.1 Å². The first-order chi connectivity index (χ1) is 9.85. The second-order valence-electron chi connectivity index (χ2n) is 5.07. The lowest BCUT2D eigenvalue weighted by atomic mass is 9.97. The molecule has 2 aromatic carbocycles. The molecule has 2 rings (SSSR count). The molecule has 0 radical (unpaired) electrons. The average molecular weight is 372 g/mol. The zero-order valence-corrected chi connectivity index (χ0v) is 14.1. The minimum atomic E-state index is -1.29. The van der Waals surface area contributed by atoms with Crippen molar-refractivity contribution in [2.24, 2.45) is 0 Å². The van der Waals surface area contributed by atoms with E-state index in [0.29, 0.717) is 26.6 Å². The highest BCUT2D eigenvalue weighted by Gasteiger charge is 2.23. The molecule has 0 fully saturated rings. The first-order valence-corrected chi connectivity index (χ1v) is 7.58. The van der Waals surface area contributed by atoms with Crippen molar-refractivity contribution in [2.45, 2.75) is 19.4 Å². The molecule has 2 N–H and O–H groups in total. The van der Waals surface area contributed by atoms with E-state index >= 15 is 0 Å². The summed E-state index contributed by atoms with van der Waals surface area (Å²) in [6, 6.07) is 10.7. The number of rotatable bonds is 4. The second-order valence-corrected chi connectivity index (χ2v) is 6.33. The Hall–Kier alpha value is -1.07. The van der Waals surface area contributed by atoms with Crippen LogP contribution in [0, 0.1) is 6.92 Å². The molecule has 0 saturated carbocycles. The number of aliphatic hydroxyl groups is 2. The lowest BCUT2D eigenvalue weighted by Crippen LogP contribution is -2.25. The van der Waals surface area contributed by atoms with E-state index in [0.717, 1.165) is 5.56 Å². The van der Waals surface area contributed by atoms with Gasteiger partial charge in [-0.2, -0.15) is 0 Å². The van der Waals surface area contributed by atoms with Crippen molar-refractivity contribution in [1.29, 1.82) is 0 Å². The van der Waals surface area contributed by atoms with Gasteiger partial charge in [-0.05, 0) is 59.1 Å². The van der Waals surface area contributed by atoms with E-state index in [4.69, 9.17) is 16.3 Å². The predicted octanol–water partition coefficient (Wildman–Crippen LogP) is 4.40. The molecule has 0 saturated heterocycles. The van der Waals surface area contributed by atoms with Crippen molar-refractivity contribution >= 4 is 27.5 Å². The Balaban J connectivity index is 2.35. The molecule has 0 aliphatic carbocycles. The van der Waals surface area contributed by atoms with E-state index in [-0.39, 0.29) is 6.61 Å². The molecule has 0 heterocycles. The largest absolute Gasteiger partial charge is 0.454 e. The molecular weight excluding hydrogens is 356 g/mol. The lowest BCUT2D eigenvalue weighted by molar-refractivity contribution is -0.00235. The smallest absolute Gasteiger partial charge is 0.148 e. The van der Waals surface area contributed by atoms with E-state index < -0.39 is 5.60 Å². The predicted molar refractivity (Wildman–Crippen MR) is 87.1 cm³/mol. The van der Waals surface area contributed by atoms with Gasteiger partial charge >= 0.3 is 0 Å². The van der Waals surface area contributed by atoms with Crippen molar-refractivity contribution in [2.75, 3.05) is 6.61 Å². The van der Waals surface area contributed by atoms with Crippen LogP contribution in [0.2, 0.25) is 5.02 Å². The Labute approximate surface area is 137 Å². The van der Waals surface area contributed by atoms with Gasteiger partial charge in [-0.3, -0.25) is 0 Å². The summed E-state index contributed by atoms with van der Waals surface area (Å²) in [6.45, 7) is 3.11. The fraction of sp³-hybridized carbons (Fsp3) is 0.250. The minimum Gasteiger partial charge on any atom is -0.454 e. The van der Waals surface area contributed by atoms with Crippen LogP contribution in [0.5, 0.6) is 11.5 Å². The molecule has 1 atom stereocenters. The van der Waals surface area contributed by atoms with Gasteiger partial charge in [-0.15, -0.1) is 0 Å². The normalized spacial score (nSPS) is 13.8. The summed E-state index contributed by atoms with van der Waals surface area (Å²) in [5.41, 5.74) is 0.238. The number of hydrogen-bond acceptors (Lipinski definition) is 3. The van der Waals surface area contributed by atoms with Gasteiger partial charge in [0.2, 0.25) is 0 Å². The Bertz CT molecular complexity index is 636. The van der Waals surface area contributed by atoms with Crippen molar-refractivity contribution < 1.29 is 14.9 Å². The minimum absolute atomic E-state index is 0.358. The van der Waals surface area contributed by atoms with Crippen LogP contribution in [-0.2, 0) is 5.60 Å². The topological polar surface area (TPSA) is 49.7 Å². The SMILES string of the molecule is Cc1cccc(Cl)c1Oc1ccc(C(C)(O)CO)cc1Br. The summed E-state index contributed by atoms with van der Waals surface area (Å²) < 4.78 is 6.52. The summed E-state index contributed by atoms with van der Waals surface area (Å²) in [4.78, 5) is 0. The highest BCUT2D eigenvalue weighted by atomic mass is 79.9. The molecule has 1 unspecified atom stereocenters. The molecule has 0 aromatic heterocycles. The summed E-state index contributed by atoms with van der Waals surface area (Å²) in [6.07, 6.45) is 0. The number of ether oxygens (including phenoxy) is 1. The molecule has 0 aliphatic rings. The zero-order valence-electron chi connectivity index (χ0n) is 11.7. The molecular formula is C16H16BrClO3. The maximum atomic E-state index is 10.1. The Morgan fingerprint density at radius 1 is 1.29 bits per heavy atom. The standard InChI is InChI=1S/C16H16BrClO3/c1-10-4-3-5-13(18)15(10)21-14-7-6-11(8-12(14)17)16(2,20)9-19/h3-8,19-20H,9H2,1-2H3.